The van der Waals surface area contributed by atoms with Gasteiger partial charge in [-0.3, -0.25) is 4.79 Å². The maximum Gasteiger partial charge on any atom is 0.261 e. The smallest absolute Gasteiger partial charge is 0.261 e. The van der Waals surface area contributed by atoms with E-state index in [9.17, 15) is 4.79 Å². The molecule has 0 N–H and O–H groups in total. The lowest BCUT2D eigenvalue weighted by molar-refractivity contribution is -0.210. The predicted molar refractivity (Wildman–Crippen MR) is 101 cm³/mol. The van der Waals surface area contributed by atoms with Crippen molar-refractivity contribution in [2.75, 3.05) is 13.2 Å². The monoisotopic (exact) mass is 340 g/mol. The average molecular weight is 340 g/mol. The van der Waals surface area contributed by atoms with Crippen LogP contribution in [0.25, 0.3) is 0 Å². The molecular weight excluding hydrogens is 312 g/mol. The molecule has 0 aromatic heterocycles. The van der Waals surface area contributed by atoms with Crippen molar-refractivity contribution in [3.05, 3.63) is 71.8 Å². The first-order chi connectivity index (χ1) is 12.2. The van der Waals surface area contributed by atoms with Gasteiger partial charge in [-0.25, -0.2) is 0 Å². The van der Waals surface area contributed by atoms with E-state index in [2.05, 4.69) is 13.8 Å². The highest BCUT2D eigenvalue weighted by Crippen LogP contribution is 2.32. The summed E-state index contributed by atoms with van der Waals surface area (Å²) < 4.78 is 12.3. The third-order valence-electron chi connectivity index (χ3n) is 4.10. The molecule has 25 heavy (non-hydrogen) atoms. The standard InChI is InChI=1S/C22H28O3/c1-3-5-17-24-22(25-18-6-4-2,20-15-11-8-12-16-20)21(23)19-13-9-7-10-14-19/h7-16H,3-6,17-18H2,1-2H3. The van der Waals surface area contributed by atoms with Gasteiger partial charge in [-0.1, -0.05) is 87.4 Å². The van der Waals surface area contributed by atoms with Crippen molar-refractivity contribution in [2.45, 2.75) is 45.3 Å². The Kier molecular flexibility index (Phi) is 7.83. The van der Waals surface area contributed by atoms with Crippen molar-refractivity contribution in [1.82, 2.24) is 0 Å². The molecule has 0 aliphatic carbocycles. The largest absolute Gasteiger partial charge is 0.340 e. The van der Waals surface area contributed by atoms with Gasteiger partial charge in [0.25, 0.3) is 5.79 Å². The molecule has 0 saturated heterocycles. The van der Waals surface area contributed by atoms with Crippen LogP contribution in [-0.2, 0) is 15.3 Å². The quantitative estimate of drug-likeness (QED) is 0.314. The Balaban J connectivity index is 2.42. The van der Waals surface area contributed by atoms with E-state index in [1.54, 1.807) is 0 Å². The Bertz CT molecular complexity index is 612. The van der Waals surface area contributed by atoms with E-state index in [-0.39, 0.29) is 5.78 Å². The van der Waals surface area contributed by atoms with E-state index in [1.807, 2.05) is 60.7 Å². The van der Waals surface area contributed by atoms with Gasteiger partial charge in [0.1, 0.15) is 0 Å². The number of Topliss-reactive ketones (excluding diaryl/α,β-unsaturated/α-hetero) is 1. The molecule has 0 aliphatic heterocycles. The van der Waals surface area contributed by atoms with Crippen molar-refractivity contribution >= 4 is 5.78 Å². The van der Waals surface area contributed by atoms with E-state index in [4.69, 9.17) is 9.47 Å². The van der Waals surface area contributed by atoms with Gasteiger partial charge in [-0.05, 0) is 12.8 Å². The first-order valence-corrected chi connectivity index (χ1v) is 9.18. The van der Waals surface area contributed by atoms with Crippen LogP contribution in [-0.4, -0.2) is 19.0 Å². The Morgan fingerprint density at radius 3 is 1.76 bits per heavy atom. The highest BCUT2D eigenvalue weighted by molar-refractivity contribution is 6.02. The number of ether oxygens (including phenoxy) is 2. The molecule has 0 amide bonds. The minimum absolute atomic E-state index is 0.147. The normalized spacial score (nSPS) is 11.4. The van der Waals surface area contributed by atoms with Crippen molar-refractivity contribution in [1.29, 1.82) is 0 Å². The van der Waals surface area contributed by atoms with Crippen LogP contribution >= 0.6 is 0 Å². The molecule has 3 heteroatoms. The number of hydrogen-bond acceptors (Lipinski definition) is 3. The number of ketones is 1. The van der Waals surface area contributed by atoms with Gasteiger partial charge < -0.3 is 9.47 Å². The van der Waals surface area contributed by atoms with Crippen LogP contribution in [0.3, 0.4) is 0 Å². The summed E-state index contributed by atoms with van der Waals surface area (Å²) in [6, 6.07) is 18.8. The molecule has 0 spiro atoms. The molecule has 0 saturated carbocycles. The average Bonchev–Trinajstić information content (AvgIpc) is 2.68. The maximum absolute atomic E-state index is 13.4. The maximum atomic E-state index is 13.4. The van der Waals surface area contributed by atoms with E-state index in [0.29, 0.717) is 18.8 Å². The summed E-state index contributed by atoms with van der Waals surface area (Å²) in [6.45, 7) is 5.17. The summed E-state index contributed by atoms with van der Waals surface area (Å²) >= 11 is 0. The summed E-state index contributed by atoms with van der Waals surface area (Å²) in [6.07, 6.45) is 3.76. The van der Waals surface area contributed by atoms with Gasteiger partial charge in [0.15, 0.2) is 0 Å². The number of carbonyl (C=O) groups is 1. The molecule has 0 atom stereocenters. The lowest BCUT2D eigenvalue weighted by Crippen LogP contribution is -2.42. The van der Waals surface area contributed by atoms with E-state index in [1.165, 1.54) is 0 Å². The zero-order chi connectivity index (χ0) is 18.0. The topological polar surface area (TPSA) is 35.5 Å². The fraction of sp³-hybridized carbons (Fsp3) is 0.409. The summed E-state index contributed by atoms with van der Waals surface area (Å²) in [5.41, 5.74) is 1.34. The number of benzene rings is 2. The third-order valence-corrected chi connectivity index (χ3v) is 4.10. The Morgan fingerprint density at radius 2 is 1.28 bits per heavy atom. The van der Waals surface area contributed by atoms with Gasteiger partial charge in [-0.15, -0.1) is 0 Å². The SMILES string of the molecule is CCCCOC(OCCCC)(C(=O)c1ccccc1)c1ccccc1. The second-order valence-corrected chi connectivity index (χ2v) is 6.08. The molecule has 0 bridgehead atoms. The van der Waals surface area contributed by atoms with Crippen molar-refractivity contribution < 1.29 is 14.3 Å². The first-order valence-electron chi connectivity index (χ1n) is 9.18. The molecule has 0 radical (unpaired) electrons. The fourth-order valence-corrected chi connectivity index (χ4v) is 2.63. The van der Waals surface area contributed by atoms with Gasteiger partial charge in [0.2, 0.25) is 5.78 Å². The van der Waals surface area contributed by atoms with Crippen molar-refractivity contribution in [3.63, 3.8) is 0 Å². The zero-order valence-electron chi connectivity index (χ0n) is 15.2. The van der Waals surface area contributed by atoms with Crippen molar-refractivity contribution in [2.24, 2.45) is 0 Å². The van der Waals surface area contributed by atoms with Crippen LogP contribution in [0.5, 0.6) is 0 Å². The van der Waals surface area contributed by atoms with Gasteiger partial charge in [0, 0.05) is 11.1 Å². The second kappa shape index (κ2) is 10.1. The van der Waals surface area contributed by atoms with E-state index >= 15 is 0 Å². The molecule has 0 unspecified atom stereocenters. The number of unbranched alkanes of at least 4 members (excludes halogenated alkanes) is 2. The van der Waals surface area contributed by atoms with Gasteiger partial charge in [0.05, 0.1) is 13.2 Å². The predicted octanol–water partition coefficient (Wildman–Crippen LogP) is 5.36. The summed E-state index contributed by atoms with van der Waals surface area (Å²) in [7, 11) is 0. The fourth-order valence-electron chi connectivity index (χ4n) is 2.63. The molecule has 0 heterocycles. The molecular formula is C22H28O3. The summed E-state index contributed by atoms with van der Waals surface area (Å²) in [5.74, 6) is -1.53. The zero-order valence-corrected chi connectivity index (χ0v) is 15.2. The van der Waals surface area contributed by atoms with E-state index in [0.717, 1.165) is 31.2 Å². The summed E-state index contributed by atoms with van der Waals surface area (Å²) in [5, 5.41) is 0. The van der Waals surface area contributed by atoms with Crippen LogP contribution < -0.4 is 0 Å². The van der Waals surface area contributed by atoms with Gasteiger partial charge >= 0.3 is 0 Å². The second-order valence-electron chi connectivity index (χ2n) is 6.08. The first kappa shape index (κ1) is 19.4. The highest BCUT2D eigenvalue weighted by atomic mass is 16.7. The molecule has 2 aromatic rings. The Hall–Kier alpha value is -1.97. The van der Waals surface area contributed by atoms with Crippen LogP contribution in [0.15, 0.2) is 60.7 Å². The number of rotatable bonds is 11. The lowest BCUT2D eigenvalue weighted by atomic mass is 9.95. The summed E-state index contributed by atoms with van der Waals surface area (Å²) in [4.78, 5) is 13.4. The molecule has 0 fully saturated rings. The third kappa shape index (κ3) is 5.00. The van der Waals surface area contributed by atoms with Crippen molar-refractivity contribution in [3.8, 4) is 0 Å². The molecule has 2 rings (SSSR count). The number of carbonyl (C=O) groups excluding carboxylic acids is 1. The Morgan fingerprint density at radius 1 is 0.800 bits per heavy atom. The van der Waals surface area contributed by atoms with E-state index < -0.39 is 5.79 Å². The van der Waals surface area contributed by atoms with Crippen LogP contribution in [0.2, 0.25) is 0 Å². The van der Waals surface area contributed by atoms with Crippen LogP contribution in [0.4, 0.5) is 0 Å². The highest BCUT2D eigenvalue weighted by Gasteiger charge is 2.43. The minimum atomic E-state index is -1.38. The number of hydrogen-bond donors (Lipinski definition) is 0. The molecule has 2 aromatic carbocycles. The van der Waals surface area contributed by atoms with Gasteiger partial charge in [-0.2, -0.15) is 0 Å². The molecule has 3 nitrogen and oxygen atoms in total. The van der Waals surface area contributed by atoms with Crippen LogP contribution in [0, 0.1) is 0 Å². The lowest BCUT2D eigenvalue weighted by Gasteiger charge is -2.33. The minimum Gasteiger partial charge on any atom is -0.340 e. The Labute approximate surface area is 151 Å². The van der Waals surface area contributed by atoms with Crippen LogP contribution in [0.1, 0.15) is 55.5 Å². The molecule has 0 aliphatic rings. The molecule has 134 valence electrons.